The van der Waals surface area contributed by atoms with Crippen molar-refractivity contribution in [3.8, 4) is 0 Å². The molecule has 0 heterocycles. The van der Waals surface area contributed by atoms with Crippen molar-refractivity contribution in [2.24, 2.45) is 0 Å². The Morgan fingerprint density at radius 2 is 1.26 bits per heavy atom. The standard InChI is InChI=1S/C7H12N4O12/c1-6(8(14)15,9(16)17)2-22-4-23-3-7(5(12)13,10(18)19)11(20)21/h5,12-13H,2-4H2,1H3. The number of rotatable bonds is 11. The number of nitro groups is 4. The maximum atomic E-state index is 10.7. The average molecular weight is 344 g/mol. The first-order valence-corrected chi connectivity index (χ1v) is 5.52. The zero-order valence-corrected chi connectivity index (χ0v) is 11.5. The van der Waals surface area contributed by atoms with Crippen molar-refractivity contribution in [1.82, 2.24) is 0 Å². The Balaban J connectivity index is 4.71. The highest BCUT2D eigenvalue weighted by atomic mass is 16.7. The van der Waals surface area contributed by atoms with Crippen LogP contribution in [-0.2, 0) is 9.47 Å². The van der Waals surface area contributed by atoms with Crippen LogP contribution in [0.5, 0.6) is 0 Å². The lowest BCUT2D eigenvalue weighted by atomic mass is 10.2. The first-order valence-electron chi connectivity index (χ1n) is 5.52. The van der Waals surface area contributed by atoms with E-state index in [9.17, 15) is 40.5 Å². The first kappa shape index (κ1) is 20.4. The van der Waals surface area contributed by atoms with Crippen molar-refractivity contribution in [2.45, 2.75) is 24.5 Å². The second-order valence-corrected chi connectivity index (χ2v) is 4.31. The zero-order valence-electron chi connectivity index (χ0n) is 11.5. The van der Waals surface area contributed by atoms with E-state index in [0.29, 0.717) is 6.92 Å². The molecule has 0 atom stereocenters. The largest absolute Gasteiger partial charge is 0.529 e. The second-order valence-electron chi connectivity index (χ2n) is 4.31. The topological polar surface area (TPSA) is 231 Å². The lowest BCUT2D eigenvalue weighted by molar-refractivity contribution is -0.817. The molecule has 0 saturated carbocycles. The Bertz CT molecular complexity index is 464. The molecule has 16 nitrogen and oxygen atoms in total. The highest BCUT2D eigenvalue weighted by Crippen LogP contribution is 2.16. The maximum absolute atomic E-state index is 10.7. The van der Waals surface area contributed by atoms with Gasteiger partial charge in [-0.15, -0.1) is 0 Å². The first-order chi connectivity index (χ1) is 10.4. The smallest absolute Gasteiger partial charge is 0.357 e. The quantitative estimate of drug-likeness (QED) is 0.176. The number of hydrogen-bond donors (Lipinski definition) is 2. The normalized spacial score (nSPS) is 12.2. The summed E-state index contributed by atoms with van der Waals surface area (Å²) >= 11 is 0. The molecule has 0 amide bonds. The maximum Gasteiger partial charge on any atom is 0.529 e. The van der Waals surface area contributed by atoms with Crippen molar-refractivity contribution in [3.05, 3.63) is 40.5 Å². The van der Waals surface area contributed by atoms with Crippen LogP contribution in [0.15, 0.2) is 0 Å². The summed E-state index contributed by atoms with van der Waals surface area (Å²) in [4.78, 5) is 36.7. The molecule has 0 aromatic heterocycles. The summed E-state index contributed by atoms with van der Waals surface area (Å²) in [5.41, 5.74) is -6.22. The van der Waals surface area contributed by atoms with Crippen LogP contribution in [-0.4, -0.2) is 67.5 Å². The van der Waals surface area contributed by atoms with Crippen LogP contribution in [0.2, 0.25) is 0 Å². The summed E-state index contributed by atoms with van der Waals surface area (Å²) in [5, 5.41) is 60.0. The zero-order chi connectivity index (χ0) is 18.4. The minimum absolute atomic E-state index is 0.628. The van der Waals surface area contributed by atoms with Gasteiger partial charge in [-0.05, 0) is 0 Å². The lowest BCUT2D eigenvalue weighted by Gasteiger charge is -2.18. The molecule has 0 aliphatic carbocycles. The molecule has 23 heavy (non-hydrogen) atoms. The van der Waals surface area contributed by atoms with Gasteiger partial charge in [-0.25, -0.2) is 0 Å². The van der Waals surface area contributed by atoms with Gasteiger partial charge in [0.1, 0.15) is 26.5 Å². The van der Waals surface area contributed by atoms with Gasteiger partial charge in [0.05, 0.1) is 6.92 Å². The highest BCUT2D eigenvalue weighted by molar-refractivity contribution is 4.68. The van der Waals surface area contributed by atoms with Gasteiger partial charge < -0.3 is 19.7 Å². The van der Waals surface area contributed by atoms with E-state index in [1.165, 1.54) is 0 Å². The molecule has 0 radical (unpaired) electrons. The van der Waals surface area contributed by atoms with Crippen LogP contribution in [0.4, 0.5) is 0 Å². The van der Waals surface area contributed by atoms with Crippen LogP contribution in [0.1, 0.15) is 6.92 Å². The number of aliphatic hydroxyl groups is 2. The molecule has 0 aromatic carbocycles. The van der Waals surface area contributed by atoms with Crippen LogP contribution in [0.3, 0.4) is 0 Å². The fourth-order valence-corrected chi connectivity index (χ4v) is 1.09. The van der Waals surface area contributed by atoms with Gasteiger partial charge in [0, 0.05) is 0 Å². The van der Waals surface area contributed by atoms with Crippen LogP contribution < -0.4 is 0 Å². The van der Waals surface area contributed by atoms with Gasteiger partial charge in [0.15, 0.2) is 13.2 Å². The number of nitrogens with zero attached hydrogens (tertiary/aromatic N) is 4. The van der Waals surface area contributed by atoms with Crippen LogP contribution >= 0.6 is 0 Å². The molecule has 0 saturated heterocycles. The van der Waals surface area contributed by atoms with Gasteiger partial charge >= 0.3 is 17.6 Å². The summed E-state index contributed by atoms with van der Waals surface area (Å²) in [6.07, 6.45) is -3.02. The molecule has 16 heteroatoms. The van der Waals surface area contributed by atoms with E-state index in [0.717, 1.165) is 0 Å². The van der Waals surface area contributed by atoms with Gasteiger partial charge in [-0.3, -0.25) is 40.5 Å². The predicted octanol–water partition coefficient (Wildman–Crippen LogP) is -2.19. The molecule has 0 spiro atoms. The molecule has 0 aromatic rings. The lowest BCUT2D eigenvalue weighted by Crippen LogP contribution is -2.59. The van der Waals surface area contributed by atoms with E-state index in [1.54, 1.807) is 0 Å². The van der Waals surface area contributed by atoms with Crippen LogP contribution in [0, 0.1) is 40.5 Å². The molecular formula is C7H12N4O12. The molecule has 132 valence electrons. The summed E-state index contributed by atoms with van der Waals surface area (Å²) in [7, 11) is 0. The Morgan fingerprint density at radius 3 is 1.57 bits per heavy atom. The predicted molar refractivity (Wildman–Crippen MR) is 64.1 cm³/mol. The Kier molecular flexibility index (Phi) is 6.78. The molecule has 0 aliphatic rings. The summed E-state index contributed by atoms with van der Waals surface area (Å²) in [6.45, 7) is -2.97. The van der Waals surface area contributed by atoms with Crippen molar-refractivity contribution < 1.29 is 39.4 Å². The van der Waals surface area contributed by atoms with Crippen molar-refractivity contribution in [2.75, 3.05) is 20.0 Å². The number of hydrogen-bond acceptors (Lipinski definition) is 12. The third-order valence-electron chi connectivity index (χ3n) is 2.69. The summed E-state index contributed by atoms with van der Waals surface area (Å²) in [5.74, 6) is 0. The van der Waals surface area contributed by atoms with Crippen LogP contribution in [0.25, 0.3) is 0 Å². The van der Waals surface area contributed by atoms with Crippen molar-refractivity contribution in [1.29, 1.82) is 0 Å². The monoisotopic (exact) mass is 344 g/mol. The van der Waals surface area contributed by atoms with Gasteiger partial charge in [-0.2, -0.15) is 0 Å². The SMILES string of the molecule is CC(COCOCC(C(O)O)([N+](=O)[O-])[N+](=O)[O-])([N+](=O)[O-])[N+](=O)[O-]. The molecule has 0 bridgehead atoms. The third-order valence-corrected chi connectivity index (χ3v) is 2.69. The molecule has 0 unspecified atom stereocenters. The minimum atomic E-state index is -3.50. The highest BCUT2D eigenvalue weighted by Gasteiger charge is 2.63. The van der Waals surface area contributed by atoms with E-state index < -0.39 is 57.3 Å². The average Bonchev–Trinajstić information content (AvgIpc) is 2.40. The van der Waals surface area contributed by atoms with Gasteiger partial charge in [0.25, 0.3) is 0 Å². The van der Waals surface area contributed by atoms with E-state index in [1.807, 2.05) is 0 Å². The molecule has 0 aliphatic heterocycles. The molecule has 0 rings (SSSR count). The van der Waals surface area contributed by atoms with Gasteiger partial charge in [-0.1, -0.05) is 0 Å². The summed E-state index contributed by atoms with van der Waals surface area (Å²) < 4.78 is 8.81. The van der Waals surface area contributed by atoms with Crippen molar-refractivity contribution >= 4 is 0 Å². The minimum Gasteiger partial charge on any atom is -0.357 e. The Hall–Kier alpha value is -2.56. The number of ether oxygens (including phenoxy) is 2. The fourth-order valence-electron chi connectivity index (χ4n) is 1.09. The van der Waals surface area contributed by atoms with E-state index >= 15 is 0 Å². The fraction of sp³-hybridized carbons (Fsp3) is 1.00. The van der Waals surface area contributed by atoms with Crippen molar-refractivity contribution in [3.63, 3.8) is 0 Å². The third kappa shape index (κ3) is 4.22. The van der Waals surface area contributed by atoms with Gasteiger partial charge in [0.2, 0.25) is 0 Å². The van der Waals surface area contributed by atoms with E-state index in [4.69, 9.17) is 10.2 Å². The van der Waals surface area contributed by atoms with E-state index in [2.05, 4.69) is 9.47 Å². The molecule has 0 fully saturated rings. The van der Waals surface area contributed by atoms with E-state index in [-0.39, 0.29) is 0 Å². The number of aliphatic hydroxyl groups excluding tert-OH is 1. The Morgan fingerprint density at radius 1 is 0.870 bits per heavy atom. The summed E-state index contributed by atoms with van der Waals surface area (Å²) in [6, 6.07) is 0. The Labute approximate surface area is 125 Å². The second kappa shape index (κ2) is 7.63. The molecule has 2 N–H and O–H groups in total. The molecular weight excluding hydrogens is 332 g/mol.